The Labute approximate surface area is 166 Å². The molecule has 0 amide bonds. The first-order chi connectivity index (χ1) is 13.2. The number of rotatable bonds is 6. The van der Waals surface area contributed by atoms with Crippen molar-refractivity contribution in [2.24, 2.45) is 0 Å². The average molecular weight is 387 g/mol. The maximum absolute atomic E-state index is 6.20. The average Bonchev–Trinajstić information content (AvgIpc) is 3.13. The first kappa shape index (κ1) is 18.9. The van der Waals surface area contributed by atoms with Crippen LogP contribution in [0.3, 0.4) is 0 Å². The third-order valence-electron chi connectivity index (χ3n) is 5.92. The van der Waals surface area contributed by atoms with Gasteiger partial charge in [0.2, 0.25) is 0 Å². The maximum Gasteiger partial charge on any atom is 0.0945 e. The van der Waals surface area contributed by atoms with E-state index in [2.05, 4.69) is 23.5 Å². The number of pyridine rings is 1. The van der Waals surface area contributed by atoms with Gasteiger partial charge in [-0.25, -0.2) is 0 Å². The van der Waals surface area contributed by atoms with Crippen molar-refractivity contribution in [2.75, 3.05) is 26.4 Å². The van der Waals surface area contributed by atoms with E-state index in [0.29, 0.717) is 6.61 Å². The SMILES string of the molecule is Clc1cccc(CNCC[C@@]2(c3ccccn3)CCO[C@]3(CCOC3)C2)c1. The van der Waals surface area contributed by atoms with Crippen LogP contribution in [0.15, 0.2) is 48.7 Å². The normalized spacial score (nSPS) is 27.9. The second-order valence-corrected chi connectivity index (χ2v) is 8.25. The van der Waals surface area contributed by atoms with Gasteiger partial charge in [-0.3, -0.25) is 4.98 Å². The highest BCUT2D eigenvalue weighted by molar-refractivity contribution is 6.30. The van der Waals surface area contributed by atoms with Crippen LogP contribution < -0.4 is 5.32 Å². The highest BCUT2D eigenvalue weighted by atomic mass is 35.5. The van der Waals surface area contributed by atoms with Gasteiger partial charge in [0, 0.05) is 48.5 Å². The summed E-state index contributed by atoms with van der Waals surface area (Å²) in [6, 6.07) is 14.3. The zero-order valence-electron chi connectivity index (χ0n) is 15.6. The topological polar surface area (TPSA) is 43.4 Å². The number of hydrogen-bond donors (Lipinski definition) is 1. The third-order valence-corrected chi connectivity index (χ3v) is 6.16. The fourth-order valence-corrected chi connectivity index (χ4v) is 4.72. The Morgan fingerprint density at radius 3 is 2.85 bits per heavy atom. The van der Waals surface area contributed by atoms with Crippen LogP contribution in [-0.2, 0) is 21.4 Å². The lowest BCUT2D eigenvalue weighted by atomic mass is 9.68. The molecule has 1 N–H and O–H groups in total. The van der Waals surface area contributed by atoms with E-state index < -0.39 is 0 Å². The molecule has 2 fully saturated rings. The molecule has 2 atom stereocenters. The molecule has 2 saturated heterocycles. The Kier molecular flexibility index (Phi) is 5.79. The molecular formula is C22H27ClN2O2. The Balaban J connectivity index is 1.45. The molecule has 0 unspecified atom stereocenters. The number of ether oxygens (including phenoxy) is 2. The third kappa shape index (κ3) is 4.35. The lowest BCUT2D eigenvalue weighted by molar-refractivity contribution is -0.109. The van der Waals surface area contributed by atoms with E-state index in [1.54, 1.807) is 0 Å². The predicted octanol–water partition coefficient (Wildman–Crippen LogP) is 4.12. The molecule has 4 rings (SSSR count). The quantitative estimate of drug-likeness (QED) is 0.758. The highest BCUT2D eigenvalue weighted by Gasteiger charge is 2.49. The Bertz CT molecular complexity index is 749. The molecule has 0 aliphatic carbocycles. The van der Waals surface area contributed by atoms with Crippen LogP contribution in [0.1, 0.15) is 36.9 Å². The number of aromatic nitrogens is 1. The molecule has 1 spiro atoms. The summed E-state index contributed by atoms with van der Waals surface area (Å²) in [5.74, 6) is 0. The summed E-state index contributed by atoms with van der Waals surface area (Å²) in [7, 11) is 0. The molecule has 2 aliphatic rings. The van der Waals surface area contributed by atoms with E-state index in [0.717, 1.165) is 57.0 Å². The number of benzene rings is 1. The minimum absolute atomic E-state index is 0.0363. The van der Waals surface area contributed by atoms with E-state index in [-0.39, 0.29) is 11.0 Å². The van der Waals surface area contributed by atoms with Gasteiger partial charge < -0.3 is 14.8 Å². The van der Waals surface area contributed by atoms with Crippen molar-refractivity contribution in [2.45, 2.75) is 43.2 Å². The van der Waals surface area contributed by atoms with Crippen LogP contribution in [-0.4, -0.2) is 37.0 Å². The number of nitrogens with zero attached hydrogens (tertiary/aromatic N) is 1. The molecule has 2 aromatic rings. The van der Waals surface area contributed by atoms with Crippen molar-refractivity contribution in [3.05, 3.63) is 64.9 Å². The minimum Gasteiger partial charge on any atom is -0.378 e. The van der Waals surface area contributed by atoms with Gasteiger partial charge in [0.25, 0.3) is 0 Å². The highest BCUT2D eigenvalue weighted by Crippen LogP contribution is 2.46. The largest absolute Gasteiger partial charge is 0.378 e. The van der Waals surface area contributed by atoms with E-state index in [9.17, 15) is 0 Å². The van der Waals surface area contributed by atoms with Gasteiger partial charge in [-0.05, 0) is 55.6 Å². The van der Waals surface area contributed by atoms with Crippen molar-refractivity contribution in [1.29, 1.82) is 0 Å². The predicted molar refractivity (Wildman–Crippen MR) is 107 cm³/mol. The standard InChI is InChI=1S/C22H27ClN2O2/c23-19-5-3-4-18(14-19)15-24-11-7-21(20-6-1-2-10-25-20)8-13-27-22(16-21)9-12-26-17-22/h1-6,10,14,24H,7-9,11-13,15-17H2/t21-,22-/m1/s1. The van der Waals surface area contributed by atoms with Crippen LogP contribution in [0, 0.1) is 0 Å². The summed E-state index contributed by atoms with van der Waals surface area (Å²) in [6.45, 7) is 4.03. The van der Waals surface area contributed by atoms with Gasteiger partial charge >= 0.3 is 0 Å². The van der Waals surface area contributed by atoms with Gasteiger partial charge in [-0.1, -0.05) is 29.8 Å². The summed E-state index contributed by atoms with van der Waals surface area (Å²) in [6.07, 6.45) is 5.91. The molecule has 0 bridgehead atoms. The van der Waals surface area contributed by atoms with Gasteiger partial charge in [0.1, 0.15) is 0 Å². The van der Waals surface area contributed by atoms with E-state index >= 15 is 0 Å². The summed E-state index contributed by atoms with van der Waals surface area (Å²) in [5.41, 5.74) is 2.29. The van der Waals surface area contributed by atoms with Crippen LogP contribution >= 0.6 is 11.6 Å². The van der Waals surface area contributed by atoms with Crippen molar-refractivity contribution < 1.29 is 9.47 Å². The molecular weight excluding hydrogens is 360 g/mol. The number of hydrogen-bond acceptors (Lipinski definition) is 4. The van der Waals surface area contributed by atoms with Gasteiger partial charge in [0.05, 0.1) is 12.2 Å². The molecule has 4 nitrogen and oxygen atoms in total. The molecule has 27 heavy (non-hydrogen) atoms. The van der Waals surface area contributed by atoms with E-state index in [1.165, 1.54) is 11.3 Å². The molecule has 0 radical (unpaired) electrons. The van der Waals surface area contributed by atoms with E-state index in [1.807, 2.05) is 30.5 Å². The van der Waals surface area contributed by atoms with Crippen molar-refractivity contribution in [1.82, 2.24) is 10.3 Å². The Morgan fingerprint density at radius 2 is 2.07 bits per heavy atom. The number of halogens is 1. The summed E-state index contributed by atoms with van der Waals surface area (Å²) in [5, 5.41) is 4.38. The second kappa shape index (κ2) is 8.27. The molecule has 3 heterocycles. The zero-order chi connectivity index (χ0) is 18.6. The summed E-state index contributed by atoms with van der Waals surface area (Å²) < 4.78 is 11.9. The molecule has 1 aromatic carbocycles. The maximum atomic E-state index is 6.20. The van der Waals surface area contributed by atoms with Crippen LogP contribution in [0.4, 0.5) is 0 Å². The smallest absolute Gasteiger partial charge is 0.0945 e. The lowest BCUT2D eigenvalue weighted by Crippen LogP contribution is -2.49. The minimum atomic E-state index is -0.136. The van der Waals surface area contributed by atoms with Crippen LogP contribution in [0.25, 0.3) is 0 Å². The summed E-state index contributed by atoms with van der Waals surface area (Å²) >= 11 is 6.09. The van der Waals surface area contributed by atoms with Crippen molar-refractivity contribution in [3.8, 4) is 0 Å². The first-order valence-electron chi connectivity index (χ1n) is 9.78. The fraction of sp³-hybridized carbons (Fsp3) is 0.500. The summed E-state index contributed by atoms with van der Waals surface area (Å²) in [4.78, 5) is 4.74. The molecule has 5 heteroatoms. The Morgan fingerprint density at radius 1 is 1.11 bits per heavy atom. The molecule has 144 valence electrons. The van der Waals surface area contributed by atoms with Gasteiger partial charge in [-0.2, -0.15) is 0 Å². The van der Waals surface area contributed by atoms with Crippen LogP contribution in [0.2, 0.25) is 5.02 Å². The van der Waals surface area contributed by atoms with Crippen molar-refractivity contribution >= 4 is 11.6 Å². The van der Waals surface area contributed by atoms with E-state index in [4.69, 9.17) is 26.1 Å². The molecule has 0 saturated carbocycles. The van der Waals surface area contributed by atoms with Gasteiger partial charge in [-0.15, -0.1) is 0 Å². The monoisotopic (exact) mass is 386 g/mol. The van der Waals surface area contributed by atoms with Crippen molar-refractivity contribution in [3.63, 3.8) is 0 Å². The van der Waals surface area contributed by atoms with Gasteiger partial charge in [0.15, 0.2) is 0 Å². The molecule has 2 aliphatic heterocycles. The number of nitrogens with one attached hydrogen (secondary N) is 1. The zero-order valence-corrected chi connectivity index (χ0v) is 16.4. The lowest BCUT2D eigenvalue weighted by Gasteiger charge is -2.45. The molecule has 1 aromatic heterocycles. The van der Waals surface area contributed by atoms with Crippen LogP contribution in [0.5, 0.6) is 0 Å². The fourth-order valence-electron chi connectivity index (χ4n) is 4.50. The first-order valence-corrected chi connectivity index (χ1v) is 10.2. The Hall–Kier alpha value is -1.46. The second-order valence-electron chi connectivity index (χ2n) is 7.81.